The van der Waals surface area contributed by atoms with Gasteiger partial charge >= 0.3 is 12.0 Å². The number of halogens is 1. The molecule has 0 radical (unpaired) electrons. The summed E-state index contributed by atoms with van der Waals surface area (Å²) in [5, 5.41) is 6.25. The van der Waals surface area contributed by atoms with Crippen LogP contribution in [0.15, 0.2) is 35.5 Å². The Labute approximate surface area is 168 Å². The van der Waals surface area contributed by atoms with Gasteiger partial charge in [0.2, 0.25) is 5.91 Å². The van der Waals surface area contributed by atoms with Gasteiger partial charge in [-0.15, -0.1) is 0 Å². The highest BCUT2D eigenvalue weighted by Gasteiger charge is 2.43. The third-order valence-electron chi connectivity index (χ3n) is 5.49. The Hall–Kier alpha value is -2.54. The second kappa shape index (κ2) is 7.83. The molecule has 2 N–H and O–H groups in total. The van der Waals surface area contributed by atoms with Gasteiger partial charge in [-0.3, -0.25) is 9.69 Å². The van der Waals surface area contributed by atoms with Gasteiger partial charge in [0.05, 0.1) is 17.3 Å². The Kier molecular flexibility index (Phi) is 5.26. The SMILES string of the molecule is O=C(CN1C(=O)N[C@@H](c2ccccc2Cl)C2=C1COC2=O)NC1CCCCC1. The molecule has 1 aromatic rings. The fraction of sp³-hybridized carbons (Fsp3) is 0.450. The van der Waals surface area contributed by atoms with E-state index in [1.54, 1.807) is 24.3 Å². The highest BCUT2D eigenvalue weighted by Crippen LogP contribution is 2.37. The number of carbonyl (C=O) groups excluding carboxylic acids is 3. The number of carbonyl (C=O) groups is 3. The highest BCUT2D eigenvalue weighted by molar-refractivity contribution is 6.31. The lowest BCUT2D eigenvalue weighted by Gasteiger charge is -2.33. The van der Waals surface area contributed by atoms with Crippen molar-refractivity contribution in [3.8, 4) is 0 Å². The predicted molar refractivity (Wildman–Crippen MR) is 102 cm³/mol. The van der Waals surface area contributed by atoms with E-state index in [-0.39, 0.29) is 25.1 Å². The van der Waals surface area contributed by atoms with Gasteiger partial charge in [-0.05, 0) is 24.5 Å². The summed E-state index contributed by atoms with van der Waals surface area (Å²) in [6.07, 6.45) is 5.32. The van der Waals surface area contributed by atoms with E-state index < -0.39 is 18.0 Å². The minimum absolute atomic E-state index is 0.0285. The van der Waals surface area contributed by atoms with Crippen LogP contribution in [0.2, 0.25) is 5.02 Å². The molecule has 0 unspecified atom stereocenters. The lowest BCUT2D eigenvalue weighted by atomic mass is 9.95. The van der Waals surface area contributed by atoms with Crippen LogP contribution >= 0.6 is 11.6 Å². The number of hydrogen-bond donors (Lipinski definition) is 2. The average Bonchev–Trinajstić information content (AvgIpc) is 3.07. The number of hydrogen-bond acceptors (Lipinski definition) is 4. The lowest BCUT2D eigenvalue weighted by Crippen LogP contribution is -2.51. The number of nitrogens with zero attached hydrogens (tertiary/aromatic N) is 1. The number of amides is 3. The number of ether oxygens (including phenoxy) is 1. The Morgan fingerprint density at radius 1 is 1.21 bits per heavy atom. The third-order valence-corrected chi connectivity index (χ3v) is 5.83. The molecule has 1 saturated carbocycles. The zero-order chi connectivity index (χ0) is 19.7. The summed E-state index contributed by atoms with van der Waals surface area (Å²) < 4.78 is 5.18. The van der Waals surface area contributed by atoms with E-state index in [1.165, 1.54) is 11.3 Å². The summed E-state index contributed by atoms with van der Waals surface area (Å²) in [5.41, 5.74) is 1.38. The molecule has 148 valence electrons. The van der Waals surface area contributed by atoms with Crippen LogP contribution in [-0.2, 0) is 14.3 Å². The summed E-state index contributed by atoms with van der Waals surface area (Å²) in [5.74, 6) is -0.734. The van der Waals surface area contributed by atoms with Gasteiger partial charge in [-0.1, -0.05) is 49.1 Å². The second-order valence-electron chi connectivity index (χ2n) is 7.33. The first-order valence-corrected chi connectivity index (χ1v) is 9.94. The topological polar surface area (TPSA) is 87.7 Å². The molecule has 0 saturated heterocycles. The van der Waals surface area contributed by atoms with E-state index in [9.17, 15) is 14.4 Å². The number of benzene rings is 1. The Balaban J connectivity index is 1.57. The largest absolute Gasteiger partial charge is 0.456 e. The molecule has 3 aliphatic rings. The monoisotopic (exact) mass is 403 g/mol. The molecule has 28 heavy (non-hydrogen) atoms. The van der Waals surface area contributed by atoms with Crippen LogP contribution in [0, 0.1) is 0 Å². The molecule has 1 fully saturated rings. The molecule has 1 aliphatic carbocycles. The van der Waals surface area contributed by atoms with Gasteiger partial charge in [-0.25, -0.2) is 9.59 Å². The van der Waals surface area contributed by atoms with E-state index in [2.05, 4.69) is 10.6 Å². The number of urea groups is 1. The normalized spacial score (nSPS) is 22.6. The fourth-order valence-corrected chi connectivity index (χ4v) is 4.33. The molecule has 0 bridgehead atoms. The molecule has 1 aromatic carbocycles. The zero-order valence-electron chi connectivity index (χ0n) is 15.4. The number of rotatable bonds is 4. The van der Waals surface area contributed by atoms with Crippen LogP contribution < -0.4 is 10.6 Å². The van der Waals surface area contributed by atoms with Crippen LogP contribution in [0.25, 0.3) is 0 Å². The minimum Gasteiger partial charge on any atom is -0.456 e. The molecule has 1 atom stereocenters. The smallest absolute Gasteiger partial charge is 0.338 e. The van der Waals surface area contributed by atoms with Gasteiger partial charge in [-0.2, -0.15) is 0 Å². The first kappa shape index (κ1) is 18.8. The molecular weight excluding hydrogens is 382 g/mol. The first-order valence-electron chi connectivity index (χ1n) is 9.56. The highest BCUT2D eigenvalue weighted by atomic mass is 35.5. The van der Waals surface area contributed by atoms with E-state index >= 15 is 0 Å². The Morgan fingerprint density at radius 2 is 1.96 bits per heavy atom. The van der Waals surface area contributed by atoms with Gasteiger partial charge in [0.25, 0.3) is 0 Å². The maximum Gasteiger partial charge on any atom is 0.338 e. The maximum absolute atomic E-state index is 12.8. The number of esters is 1. The molecule has 3 amide bonds. The first-order chi connectivity index (χ1) is 13.5. The average molecular weight is 404 g/mol. The predicted octanol–water partition coefficient (Wildman–Crippen LogP) is 2.67. The third kappa shape index (κ3) is 3.58. The van der Waals surface area contributed by atoms with Crippen molar-refractivity contribution in [1.82, 2.24) is 15.5 Å². The second-order valence-corrected chi connectivity index (χ2v) is 7.74. The standard InChI is InChI=1S/C20H22ClN3O4/c21-14-9-5-4-8-13(14)18-17-15(11-28-19(17)26)24(20(27)23-18)10-16(25)22-12-6-2-1-3-7-12/h4-5,8-9,12,18H,1-3,6-7,10-11H2,(H,22,25)(H,23,27)/t18-/m0/s1. The van der Waals surface area contributed by atoms with Crippen LogP contribution in [0.4, 0.5) is 4.79 Å². The van der Waals surface area contributed by atoms with Crippen LogP contribution in [-0.4, -0.2) is 42.0 Å². The minimum atomic E-state index is -0.691. The van der Waals surface area contributed by atoms with Crippen molar-refractivity contribution in [1.29, 1.82) is 0 Å². The molecule has 0 aromatic heterocycles. The van der Waals surface area contributed by atoms with Crippen molar-refractivity contribution in [2.45, 2.75) is 44.2 Å². The van der Waals surface area contributed by atoms with Crippen molar-refractivity contribution in [3.63, 3.8) is 0 Å². The molecule has 4 rings (SSSR count). The summed E-state index contributed by atoms with van der Waals surface area (Å²) in [6.45, 7) is -0.174. The van der Waals surface area contributed by atoms with E-state index in [0.29, 0.717) is 21.9 Å². The van der Waals surface area contributed by atoms with Crippen molar-refractivity contribution < 1.29 is 19.1 Å². The van der Waals surface area contributed by atoms with E-state index in [4.69, 9.17) is 16.3 Å². The number of nitrogens with one attached hydrogen (secondary N) is 2. The van der Waals surface area contributed by atoms with Crippen molar-refractivity contribution >= 4 is 29.5 Å². The lowest BCUT2D eigenvalue weighted by molar-refractivity contribution is -0.136. The summed E-state index contributed by atoms with van der Waals surface area (Å²) in [4.78, 5) is 38.9. The summed E-state index contributed by atoms with van der Waals surface area (Å²) in [6, 6.07) is 6.05. The summed E-state index contributed by atoms with van der Waals surface area (Å²) >= 11 is 6.27. The van der Waals surface area contributed by atoms with Gasteiger partial charge in [0.15, 0.2) is 0 Å². The van der Waals surface area contributed by atoms with Crippen molar-refractivity contribution in [2.75, 3.05) is 13.2 Å². The number of cyclic esters (lactones) is 1. The molecular formula is C20H22ClN3O4. The zero-order valence-corrected chi connectivity index (χ0v) is 16.1. The van der Waals surface area contributed by atoms with Crippen molar-refractivity contribution in [3.05, 3.63) is 46.1 Å². The van der Waals surface area contributed by atoms with Gasteiger partial charge in [0.1, 0.15) is 13.2 Å². The van der Waals surface area contributed by atoms with Gasteiger partial charge < -0.3 is 15.4 Å². The molecule has 2 heterocycles. The Morgan fingerprint density at radius 3 is 2.71 bits per heavy atom. The molecule has 8 heteroatoms. The molecule has 2 aliphatic heterocycles. The van der Waals surface area contributed by atoms with Crippen LogP contribution in [0.5, 0.6) is 0 Å². The maximum atomic E-state index is 12.8. The van der Waals surface area contributed by atoms with Crippen LogP contribution in [0.3, 0.4) is 0 Å². The Bertz CT molecular complexity index is 848. The van der Waals surface area contributed by atoms with E-state index in [0.717, 1.165) is 25.7 Å². The van der Waals surface area contributed by atoms with Crippen LogP contribution in [0.1, 0.15) is 43.7 Å². The summed E-state index contributed by atoms with van der Waals surface area (Å²) in [7, 11) is 0. The van der Waals surface area contributed by atoms with E-state index in [1.807, 2.05) is 0 Å². The molecule has 0 spiro atoms. The molecule has 7 nitrogen and oxygen atoms in total. The van der Waals surface area contributed by atoms with Crippen molar-refractivity contribution in [2.24, 2.45) is 0 Å². The fourth-order valence-electron chi connectivity index (χ4n) is 4.08. The quantitative estimate of drug-likeness (QED) is 0.756. The van der Waals surface area contributed by atoms with Gasteiger partial charge in [0, 0.05) is 11.1 Å².